The number of hydrogen-bond acceptors (Lipinski definition) is 4. The second-order valence-electron chi connectivity index (χ2n) is 7.21. The Morgan fingerprint density at radius 2 is 1.87 bits per heavy atom. The van der Waals surface area contributed by atoms with Gasteiger partial charge in [-0.15, -0.1) is 0 Å². The van der Waals surface area contributed by atoms with Crippen LogP contribution in [0.15, 0.2) is 0 Å². The summed E-state index contributed by atoms with van der Waals surface area (Å²) in [5.74, 6) is 1.42. The zero-order valence-corrected chi connectivity index (χ0v) is 15.5. The molecule has 1 aromatic carbocycles. The van der Waals surface area contributed by atoms with Crippen molar-refractivity contribution >= 4 is 5.97 Å². The molecular formula is C19H29NO3. The first-order valence-corrected chi connectivity index (χ1v) is 8.29. The predicted molar refractivity (Wildman–Crippen MR) is 92.5 cm³/mol. The minimum absolute atomic E-state index is 0.135. The van der Waals surface area contributed by atoms with Crippen LogP contribution in [-0.4, -0.2) is 37.1 Å². The van der Waals surface area contributed by atoms with Crippen LogP contribution >= 0.6 is 0 Å². The Balaban J connectivity index is 2.39. The maximum atomic E-state index is 11.4. The molecule has 23 heavy (non-hydrogen) atoms. The van der Waals surface area contributed by atoms with Gasteiger partial charge in [0, 0.05) is 19.0 Å². The molecule has 0 saturated heterocycles. The number of hydrogen-bond donors (Lipinski definition) is 0. The van der Waals surface area contributed by atoms with E-state index in [-0.39, 0.29) is 11.6 Å². The van der Waals surface area contributed by atoms with E-state index >= 15 is 0 Å². The third kappa shape index (κ3) is 3.69. The third-order valence-electron chi connectivity index (χ3n) is 4.90. The van der Waals surface area contributed by atoms with Gasteiger partial charge in [-0.25, -0.2) is 0 Å². The van der Waals surface area contributed by atoms with Crippen molar-refractivity contribution in [3.63, 3.8) is 0 Å². The highest BCUT2D eigenvalue weighted by Gasteiger charge is 2.34. The van der Waals surface area contributed by atoms with Gasteiger partial charge in [0.25, 0.3) is 0 Å². The van der Waals surface area contributed by atoms with Gasteiger partial charge in [-0.05, 0) is 77.7 Å². The molecule has 0 N–H and O–H groups in total. The quantitative estimate of drug-likeness (QED) is 0.628. The number of carbonyl (C=O) groups excluding carboxylic acids is 1. The molecule has 0 saturated carbocycles. The number of rotatable bonds is 4. The summed E-state index contributed by atoms with van der Waals surface area (Å²) >= 11 is 0. The van der Waals surface area contributed by atoms with Crippen LogP contribution in [0, 0.1) is 20.8 Å². The topological polar surface area (TPSA) is 38.8 Å². The highest BCUT2D eigenvalue weighted by atomic mass is 16.5. The summed E-state index contributed by atoms with van der Waals surface area (Å²) in [6.07, 6.45) is 2.94. The number of carbonyl (C=O) groups is 1. The maximum absolute atomic E-state index is 11.4. The summed E-state index contributed by atoms with van der Waals surface area (Å²) in [4.78, 5) is 13.6. The van der Waals surface area contributed by atoms with E-state index in [1.54, 1.807) is 0 Å². The van der Waals surface area contributed by atoms with Crippen molar-refractivity contribution in [3.8, 4) is 11.5 Å². The average molecular weight is 319 g/mol. The summed E-state index contributed by atoms with van der Waals surface area (Å²) in [6.45, 7) is 10.7. The van der Waals surface area contributed by atoms with Crippen LogP contribution in [0.3, 0.4) is 0 Å². The molecule has 1 atom stereocenters. The van der Waals surface area contributed by atoms with Gasteiger partial charge in [0.15, 0.2) is 0 Å². The fraction of sp³-hybridized carbons (Fsp3) is 0.632. The number of nitrogens with zero attached hydrogens (tertiary/aromatic N) is 1. The van der Waals surface area contributed by atoms with Gasteiger partial charge in [0.05, 0.1) is 0 Å². The Morgan fingerprint density at radius 3 is 2.43 bits per heavy atom. The van der Waals surface area contributed by atoms with Crippen molar-refractivity contribution in [3.05, 3.63) is 22.3 Å². The monoisotopic (exact) mass is 319 g/mol. The molecule has 0 fully saturated rings. The normalized spacial score (nSPS) is 20.2. The molecule has 4 nitrogen and oxygen atoms in total. The SMILES string of the molecule is CC(=O)Oc1c(C)c(C)c2c(c1C)CCC(C)(CCN(C)C)O2. The molecule has 0 bridgehead atoms. The van der Waals surface area contributed by atoms with E-state index in [2.05, 4.69) is 32.8 Å². The van der Waals surface area contributed by atoms with Crippen LogP contribution in [0.4, 0.5) is 0 Å². The van der Waals surface area contributed by atoms with Crippen LogP contribution in [0.25, 0.3) is 0 Å². The number of esters is 1. The predicted octanol–water partition coefficient (Wildman–Crippen LogP) is 3.57. The van der Waals surface area contributed by atoms with Crippen molar-refractivity contribution in [1.82, 2.24) is 4.90 Å². The molecule has 128 valence electrons. The van der Waals surface area contributed by atoms with Gasteiger partial charge in [0.2, 0.25) is 0 Å². The summed E-state index contributed by atoms with van der Waals surface area (Å²) in [7, 11) is 4.18. The van der Waals surface area contributed by atoms with Gasteiger partial charge < -0.3 is 14.4 Å². The molecule has 2 rings (SSSR count). The van der Waals surface area contributed by atoms with E-state index in [9.17, 15) is 4.79 Å². The molecule has 1 aromatic rings. The molecule has 1 aliphatic rings. The van der Waals surface area contributed by atoms with Crippen molar-refractivity contribution < 1.29 is 14.3 Å². The molecule has 0 spiro atoms. The van der Waals surface area contributed by atoms with E-state index in [4.69, 9.17) is 9.47 Å². The van der Waals surface area contributed by atoms with Gasteiger partial charge in [-0.2, -0.15) is 0 Å². The summed E-state index contributed by atoms with van der Waals surface area (Å²) in [6, 6.07) is 0. The second kappa shape index (κ2) is 6.52. The lowest BCUT2D eigenvalue weighted by Gasteiger charge is -2.38. The third-order valence-corrected chi connectivity index (χ3v) is 4.90. The van der Waals surface area contributed by atoms with Crippen LogP contribution in [0.1, 0.15) is 48.9 Å². The van der Waals surface area contributed by atoms with Gasteiger partial charge in [0.1, 0.15) is 17.1 Å². The van der Waals surface area contributed by atoms with Gasteiger partial charge in [-0.1, -0.05) is 0 Å². The van der Waals surface area contributed by atoms with Crippen molar-refractivity contribution in [2.75, 3.05) is 20.6 Å². The second-order valence-corrected chi connectivity index (χ2v) is 7.21. The first-order valence-electron chi connectivity index (χ1n) is 8.29. The summed E-state index contributed by atoms with van der Waals surface area (Å²) in [5, 5.41) is 0. The number of benzene rings is 1. The lowest BCUT2D eigenvalue weighted by molar-refractivity contribution is -0.132. The highest BCUT2D eigenvalue weighted by molar-refractivity contribution is 5.72. The van der Waals surface area contributed by atoms with Crippen molar-refractivity contribution in [1.29, 1.82) is 0 Å². The van der Waals surface area contributed by atoms with E-state index in [1.807, 2.05) is 13.8 Å². The van der Waals surface area contributed by atoms with Crippen LogP contribution in [0.5, 0.6) is 11.5 Å². The highest BCUT2D eigenvalue weighted by Crippen LogP contribution is 2.44. The molecule has 0 amide bonds. The van der Waals surface area contributed by atoms with Gasteiger partial charge >= 0.3 is 5.97 Å². The minimum Gasteiger partial charge on any atom is -0.487 e. The zero-order valence-electron chi connectivity index (χ0n) is 15.5. The van der Waals surface area contributed by atoms with Gasteiger partial charge in [-0.3, -0.25) is 4.79 Å². The molecule has 1 heterocycles. The van der Waals surface area contributed by atoms with E-state index < -0.39 is 0 Å². The Bertz CT molecular complexity index is 622. The summed E-state index contributed by atoms with van der Waals surface area (Å²) in [5.41, 5.74) is 4.16. The van der Waals surface area contributed by atoms with Crippen molar-refractivity contribution in [2.45, 2.75) is 59.5 Å². The molecule has 1 aliphatic heterocycles. The van der Waals surface area contributed by atoms with E-state index in [1.165, 1.54) is 12.5 Å². The fourth-order valence-corrected chi connectivity index (χ4v) is 3.21. The Morgan fingerprint density at radius 1 is 1.22 bits per heavy atom. The Hall–Kier alpha value is -1.55. The molecule has 0 aromatic heterocycles. The van der Waals surface area contributed by atoms with Crippen LogP contribution in [0.2, 0.25) is 0 Å². The minimum atomic E-state index is -0.275. The first-order chi connectivity index (χ1) is 10.6. The van der Waals surface area contributed by atoms with Crippen molar-refractivity contribution in [2.24, 2.45) is 0 Å². The largest absolute Gasteiger partial charge is 0.487 e. The van der Waals surface area contributed by atoms with E-state index in [0.29, 0.717) is 5.75 Å². The lowest BCUT2D eigenvalue weighted by Crippen LogP contribution is -2.39. The fourth-order valence-electron chi connectivity index (χ4n) is 3.21. The Labute approximate surface area is 139 Å². The summed E-state index contributed by atoms with van der Waals surface area (Å²) < 4.78 is 11.9. The molecular weight excluding hydrogens is 290 g/mol. The maximum Gasteiger partial charge on any atom is 0.308 e. The Kier molecular flexibility index (Phi) is 5.04. The number of fused-ring (bicyclic) bond motifs is 1. The zero-order chi connectivity index (χ0) is 17.4. The first kappa shape index (κ1) is 17.8. The van der Waals surface area contributed by atoms with E-state index in [0.717, 1.165) is 48.2 Å². The molecule has 1 unspecified atom stereocenters. The standard InChI is InChI=1S/C19H29NO3/c1-12-13(2)18-16(14(3)17(12)22-15(4)21)8-9-19(5,23-18)10-11-20(6)7/h8-11H2,1-7H3. The van der Waals surface area contributed by atoms with Crippen LogP contribution < -0.4 is 9.47 Å². The smallest absolute Gasteiger partial charge is 0.308 e. The average Bonchev–Trinajstić information content (AvgIpc) is 2.47. The van der Waals surface area contributed by atoms with Crippen LogP contribution in [-0.2, 0) is 11.2 Å². The lowest BCUT2D eigenvalue weighted by atomic mass is 9.85. The molecule has 0 aliphatic carbocycles. The number of ether oxygens (including phenoxy) is 2. The molecule has 0 radical (unpaired) electrons. The molecule has 4 heteroatoms.